The lowest BCUT2D eigenvalue weighted by Gasteiger charge is -2.32. The van der Waals surface area contributed by atoms with Crippen LogP contribution >= 0.6 is 7.60 Å². The van der Waals surface area contributed by atoms with Crippen LogP contribution in [0.4, 0.5) is 0 Å². The number of rotatable bonds is 16. The first kappa shape index (κ1) is 34.7. The maximum absolute atomic E-state index is 13.6. The summed E-state index contributed by atoms with van der Waals surface area (Å²) < 4.78 is 30.4. The molecule has 0 radical (unpaired) electrons. The lowest BCUT2D eigenvalue weighted by Crippen LogP contribution is -2.45. The summed E-state index contributed by atoms with van der Waals surface area (Å²) in [6, 6.07) is -1.11. The van der Waals surface area contributed by atoms with E-state index < -0.39 is 36.2 Å². The molecule has 0 unspecified atom stereocenters. The van der Waals surface area contributed by atoms with Gasteiger partial charge in [0.25, 0.3) is 0 Å². The van der Waals surface area contributed by atoms with Crippen molar-refractivity contribution in [3.8, 4) is 0 Å². The number of hydrogen-bond donors (Lipinski definition) is 1. The van der Waals surface area contributed by atoms with E-state index >= 15 is 0 Å². The van der Waals surface area contributed by atoms with Gasteiger partial charge in [0.1, 0.15) is 6.04 Å². The Morgan fingerprint density at radius 1 is 0.833 bits per heavy atom. The molecule has 0 aliphatic rings. The lowest BCUT2D eigenvalue weighted by molar-refractivity contribution is -0.144. The Balaban J connectivity index is 5.16. The quantitative estimate of drug-likeness (QED) is 0.0920. The summed E-state index contributed by atoms with van der Waals surface area (Å²) in [5.74, 6) is -1.01. The highest BCUT2D eigenvalue weighted by Crippen LogP contribution is 2.53. The van der Waals surface area contributed by atoms with Crippen LogP contribution in [-0.2, 0) is 27.3 Å². The van der Waals surface area contributed by atoms with E-state index in [0.29, 0.717) is 0 Å². The summed E-state index contributed by atoms with van der Waals surface area (Å²) >= 11 is 0. The Morgan fingerprint density at radius 3 is 1.75 bits per heavy atom. The van der Waals surface area contributed by atoms with Crippen molar-refractivity contribution < 1.29 is 27.3 Å². The Morgan fingerprint density at radius 2 is 1.31 bits per heavy atom. The topological polar surface area (TPSA) is 90.9 Å². The van der Waals surface area contributed by atoms with Crippen LogP contribution in [0.25, 0.3) is 0 Å². The number of amides is 1. The third kappa shape index (κ3) is 18.1. The number of ether oxygens (including phenoxy) is 1. The van der Waals surface area contributed by atoms with Gasteiger partial charge in [-0.2, -0.15) is 0 Å². The highest BCUT2D eigenvalue weighted by molar-refractivity contribution is 7.57. The Bertz CT molecular complexity index is 845. The molecule has 0 aliphatic carbocycles. The van der Waals surface area contributed by atoms with Gasteiger partial charge in [0, 0.05) is 6.42 Å². The fourth-order valence-corrected chi connectivity index (χ4v) is 11.8. The van der Waals surface area contributed by atoms with Gasteiger partial charge in [-0.15, -0.1) is 0 Å². The number of hydrogen-bond acceptors (Lipinski definition) is 6. The van der Waals surface area contributed by atoms with Gasteiger partial charge in [0.15, 0.2) is 16.6 Å². The minimum Gasteiger partial charge on any atom is -0.467 e. The molecule has 0 aromatic heterocycles. The summed E-state index contributed by atoms with van der Waals surface area (Å²) in [6.45, 7) is 19.8. The second-order valence-corrected chi connectivity index (χ2v) is 23.0. The summed E-state index contributed by atoms with van der Waals surface area (Å²) in [6.07, 6.45) is 10.1. The maximum atomic E-state index is 13.6. The van der Waals surface area contributed by atoms with E-state index in [1.807, 2.05) is 52.3 Å². The van der Waals surface area contributed by atoms with Gasteiger partial charge in [-0.25, -0.2) is 4.79 Å². The van der Waals surface area contributed by atoms with Gasteiger partial charge in [0.05, 0.1) is 13.3 Å². The standard InChI is InChI=1S/C26H50NO6PSi2/c1-21(2)14-12-15-22(3)16-13-17-23(4)18-19-25(28)27-24(26(29)31-5)20-34(30,32-35(6,7)8)33-36(9,10)11/h14,16,18,24H,12-13,15,17,19-20H2,1-11H3,(H,27,28)/b22-16+,23-18+/t24-/m1/s1. The third-order valence-electron chi connectivity index (χ3n) is 4.81. The molecule has 36 heavy (non-hydrogen) atoms. The first-order valence-electron chi connectivity index (χ1n) is 12.7. The highest BCUT2D eigenvalue weighted by Gasteiger charge is 2.41. The van der Waals surface area contributed by atoms with Crippen molar-refractivity contribution in [2.75, 3.05) is 13.3 Å². The van der Waals surface area contributed by atoms with Crippen LogP contribution in [0, 0.1) is 0 Å². The van der Waals surface area contributed by atoms with Crippen LogP contribution in [0.1, 0.15) is 59.8 Å². The molecule has 0 aromatic rings. The second kappa shape index (κ2) is 15.9. The molecule has 0 saturated heterocycles. The molecule has 7 nitrogen and oxygen atoms in total. The number of nitrogens with one attached hydrogen (secondary N) is 1. The number of carbonyl (C=O) groups is 2. The minimum atomic E-state index is -3.64. The van der Waals surface area contributed by atoms with Crippen LogP contribution in [0.2, 0.25) is 39.3 Å². The van der Waals surface area contributed by atoms with Crippen LogP contribution in [0.5, 0.6) is 0 Å². The van der Waals surface area contributed by atoms with Crippen molar-refractivity contribution in [2.24, 2.45) is 0 Å². The van der Waals surface area contributed by atoms with Crippen LogP contribution < -0.4 is 5.32 Å². The highest BCUT2D eigenvalue weighted by atomic mass is 31.2. The van der Waals surface area contributed by atoms with Gasteiger partial charge in [0.2, 0.25) is 5.91 Å². The molecule has 0 aromatic carbocycles. The van der Waals surface area contributed by atoms with Gasteiger partial charge >= 0.3 is 13.6 Å². The molecule has 208 valence electrons. The fourth-order valence-electron chi connectivity index (χ4n) is 3.33. The first-order valence-corrected chi connectivity index (χ1v) is 21.2. The lowest BCUT2D eigenvalue weighted by atomic mass is 10.1. The van der Waals surface area contributed by atoms with Crippen molar-refractivity contribution in [3.05, 3.63) is 34.9 Å². The molecular formula is C26H50NO6PSi2. The molecule has 0 heterocycles. The average Bonchev–Trinajstić information content (AvgIpc) is 2.67. The smallest absolute Gasteiger partial charge is 0.329 e. The Labute approximate surface area is 221 Å². The summed E-state index contributed by atoms with van der Waals surface area (Å²) in [7, 11) is -6.91. The Hall–Kier alpha value is -1.26. The van der Waals surface area contributed by atoms with Crippen molar-refractivity contribution in [2.45, 2.75) is 105 Å². The van der Waals surface area contributed by atoms with Gasteiger partial charge < -0.3 is 18.5 Å². The van der Waals surface area contributed by atoms with E-state index in [1.54, 1.807) is 0 Å². The largest absolute Gasteiger partial charge is 0.467 e. The normalized spacial score (nSPS) is 14.3. The van der Waals surface area contributed by atoms with E-state index in [2.05, 4.69) is 38.2 Å². The summed E-state index contributed by atoms with van der Waals surface area (Å²) in [5.41, 5.74) is 3.80. The molecule has 0 rings (SSSR count). The fraction of sp³-hybridized carbons (Fsp3) is 0.692. The van der Waals surface area contributed by atoms with Crippen molar-refractivity contribution >= 4 is 36.1 Å². The minimum absolute atomic E-state index is 0.122. The number of carbonyl (C=O) groups excluding carboxylic acids is 2. The zero-order chi connectivity index (χ0) is 28.2. The third-order valence-corrected chi connectivity index (χ3v) is 12.2. The zero-order valence-electron chi connectivity index (χ0n) is 24.4. The average molecular weight is 560 g/mol. The molecule has 10 heteroatoms. The molecule has 0 aliphatic heterocycles. The van der Waals surface area contributed by atoms with E-state index in [1.165, 1.54) is 18.3 Å². The van der Waals surface area contributed by atoms with E-state index in [-0.39, 0.29) is 18.5 Å². The SMILES string of the molecule is COC(=O)[C@@H](CP(=O)(O[Si](C)(C)C)O[Si](C)(C)C)NC(=O)C/C=C(\C)CC/C=C(\C)CCC=C(C)C. The van der Waals surface area contributed by atoms with Gasteiger partial charge in [-0.05, 0) is 92.7 Å². The molecule has 0 saturated carbocycles. The maximum Gasteiger partial charge on any atom is 0.329 e. The molecule has 0 fully saturated rings. The molecule has 1 atom stereocenters. The predicted molar refractivity (Wildman–Crippen MR) is 155 cm³/mol. The van der Waals surface area contributed by atoms with Gasteiger partial charge in [-0.1, -0.05) is 34.9 Å². The summed E-state index contributed by atoms with van der Waals surface area (Å²) in [4.78, 5) is 25.1. The van der Waals surface area contributed by atoms with Crippen molar-refractivity contribution in [3.63, 3.8) is 0 Å². The zero-order valence-corrected chi connectivity index (χ0v) is 27.3. The van der Waals surface area contributed by atoms with Crippen molar-refractivity contribution in [1.29, 1.82) is 0 Å². The Kier molecular flexibility index (Phi) is 15.3. The molecular weight excluding hydrogens is 509 g/mol. The molecule has 1 amide bonds. The second-order valence-electron chi connectivity index (χ2n) is 11.5. The van der Waals surface area contributed by atoms with E-state index in [0.717, 1.165) is 31.3 Å². The van der Waals surface area contributed by atoms with Crippen LogP contribution in [-0.4, -0.2) is 47.8 Å². The number of allylic oxidation sites excluding steroid dienone is 5. The molecule has 1 N–H and O–H groups in total. The first-order chi connectivity index (χ1) is 16.4. The molecule has 0 spiro atoms. The van der Waals surface area contributed by atoms with Crippen LogP contribution in [0.15, 0.2) is 34.9 Å². The van der Waals surface area contributed by atoms with Gasteiger partial charge in [-0.3, -0.25) is 9.36 Å². The van der Waals surface area contributed by atoms with E-state index in [9.17, 15) is 14.2 Å². The predicted octanol–water partition coefficient (Wildman–Crippen LogP) is 7.35. The van der Waals surface area contributed by atoms with Crippen LogP contribution in [0.3, 0.4) is 0 Å². The van der Waals surface area contributed by atoms with E-state index in [4.69, 9.17) is 13.2 Å². The molecule has 0 bridgehead atoms. The van der Waals surface area contributed by atoms with Crippen molar-refractivity contribution in [1.82, 2.24) is 5.32 Å². The monoisotopic (exact) mass is 559 g/mol. The summed E-state index contributed by atoms with van der Waals surface area (Å²) in [5, 5.41) is 2.68. The number of methoxy groups -OCH3 is 1. The number of esters is 1.